The normalized spacial score (nSPS) is 10.2. The molecule has 76 valence electrons. The zero-order valence-electron chi connectivity index (χ0n) is 8.09. The van der Waals surface area contributed by atoms with Crippen molar-refractivity contribution in [1.29, 1.82) is 0 Å². The summed E-state index contributed by atoms with van der Waals surface area (Å²) in [5, 5.41) is 18.3. The van der Waals surface area contributed by atoms with Gasteiger partial charge in [-0.3, -0.25) is 4.98 Å². The number of pyridine rings is 1. The Labute approximate surface area is 87.7 Å². The molecule has 0 atom stereocenters. The fourth-order valence-corrected chi connectivity index (χ4v) is 1.39. The summed E-state index contributed by atoms with van der Waals surface area (Å²) in [6.07, 6.45) is 0. The van der Waals surface area contributed by atoms with E-state index in [1.807, 2.05) is 18.2 Å². The largest absolute Gasteiger partial charge is 0.508 e. The van der Waals surface area contributed by atoms with E-state index in [-0.39, 0.29) is 12.4 Å². The highest BCUT2D eigenvalue weighted by Crippen LogP contribution is 2.21. The van der Waals surface area contributed by atoms with E-state index in [1.165, 1.54) is 0 Å². The Bertz CT molecular complexity index is 469. The van der Waals surface area contributed by atoms with Crippen LogP contribution in [0, 0.1) is 0 Å². The standard InChI is InChI=1S/C12H11NO2/c14-8-10-4-2-6-12(13-10)9-3-1-5-11(15)7-9/h1-7,14-15H,8H2. The van der Waals surface area contributed by atoms with Gasteiger partial charge in [-0.1, -0.05) is 18.2 Å². The van der Waals surface area contributed by atoms with Crippen molar-refractivity contribution in [3.63, 3.8) is 0 Å². The Hall–Kier alpha value is -1.87. The van der Waals surface area contributed by atoms with Gasteiger partial charge in [0.05, 0.1) is 18.0 Å². The third kappa shape index (κ3) is 2.14. The maximum Gasteiger partial charge on any atom is 0.116 e. The Balaban J connectivity index is 2.44. The second-order valence-corrected chi connectivity index (χ2v) is 3.22. The molecule has 0 aliphatic rings. The van der Waals surface area contributed by atoms with Crippen LogP contribution in [0.1, 0.15) is 5.69 Å². The van der Waals surface area contributed by atoms with Crippen LogP contribution in [0.4, 0.5) is 0 Å². The Kier molecular flexibility index (Phi) is 2.65. The second-order valence-electron chi connectivity index (χ2n) is 3.22. The number of aliphatic hydroxyl groups excluding tert-OH is 1. The summed E-state index contributed by atoms with van der Waals surface area (Å²) in [5.41, 5.74) is 2.21. The van der Waals surface area contributed by atoms with Crippen LogP contribution in [0.15, 0.2) is 42.5 Å². The lowest BCUT2D eigenvalue weighted by Crippen LogP contribution is -1.90. The Morgan fingerprint density at radius 1 is 1.07 bits per heavy atom. The molecule has 1 aromatic carbocycles. The minimum absolute atomic E-state index is 0.0767. The van der Waals surface area contributed by atoms with E-state index in [2.05, 4.69) is 4.98 Å². The maximum absolute atomic E-state index is 9.32. The SMILES string of the molecule is OCc1cccc(-c2cccc(O)c2)n1. The smallest absolute Gasteiger partial charge is 0.116 e. The minimum Gasteiger partial charge on any atom is -0.508 e. The predicted molar refractivity (Wildman–Crippen MR) is 57.3 cm³/mol. The van der Waals surface area contributed by atoms with Crippen molar-refractivity contribution in [2.24, 2.45) is 0 Å². The van der Waals surface area contributed by atoms with Gasteiger partial charge in [0, 0.05) is 5.56 Å². The average Bonchev–Trinajstić information content (AvgIpc) is 2.29. The quantitative estimate of drug-likeness (QED) is 0.780. The molecule has 3 heteroatoms. The molecule has 0 saturated heterocycles. The maximum atomic E-state index is 9.32. The number of aromatic hydroxyl groups is 1. The summed E-state index contributed by atoms with van der Waals surface area (Å²) in [5.74, 6) is 0.212. The van der Waals surface area contributed by atoms with E-state index >= 15 is 0 Å². The number of hydrogen-bond acceptors (Lipinski definition) is 3. The molecule has 0 aliphatic heterocycles. The average molecular weight is 201 g/mol. The molecule has 0 aliphatic carbocycles. The molecule has 0 saturated carbocycles. The first-order valence-corrected chi connectivity index (χ1v) is 4.66. The molecule has 2 aromatic rings. The van der Waals surface area contributed by atoms with Crippen LogP contribution in [0.3, 0.4) is 0 Å². The number of rotatable bonds is 2. The van der Waals surface area contributed by atoms with Crippen molar-refractivity contribution in [3.8, 4) is 17.0 Å². The number of nitrogens with zero attached hydrogens (tertiary/aromatic N) is 1. The van der Waals surface area contributed by atoms with Gasteiger partial charge < -0.3 is 10.2 Å². The molecule has 1 aromatic heterocycles. The van der Waals surface area contributed by atoms with Gasteiger partial charge in [-0.2, -0.15) is 0 Å². The lowest BCUT2D eigenvalue weighted by Gasteiger charge is -2.03. The molecule has 15 heavy (non-hydrogen) atoms. The summed E-state index contributed by atoms with van der Waals surface area (Å²) in [6.45, 7) is -0.0767. The fourth-order valence-electron chi connectivity index (χ4n) is 1.39. The number of aromatic nitrogens is 1. The van der Waals surface area contributed by atoms with Crippen molar-refractivity contribution in [1.82, 2.24) is 4.98 Å². The van der Waals surface area contributed by atoms with E-state index in [0.29, 0.717) is 5.69 Å². The van der Waals surface area contributed by atoms with E-state index < -0.39 is 0 Å². The molecule has 1 heterocycles. The van der Waals surface area contributed by atoms with Crippen molar-refractivity contribution < 1.29 is 10.2 Å². The van der Waals surface area contributed by atoms with Crippen LogP contribution in [-0.4, -0.2) is 15.2 Å². The molecule has 0 radical (unpaired) electrons. The fraction of sp³-hybridized carbons (Fsp3) is 0.0833. The Morgan fingerprint density at radius 2 is 1.87 bits per heavy atom. The molecule has 0 unspecified atom stereocenters. The van der Waals surface area contributed by atoms with Gasteiger partial charge in [0.2, 0.25) is 0 Å². The zero-order valence-corrected chi connectivity index (χ0v) is 8.09. The molecule has 2 rings (SSSR count). The van der Waals surface area contributed by atoms with Crippen molar-refractivity contribution >= 4 is 0 Å². The molecule has 3 nitrogen and oxygen atoms in total. The summed E-state index contributed by atoms with van der Waals surface area (Å²) in [7, 11) is 0. The minimum atomic E-state index is -0.0767. The van der Waals surface area contributed by atoms with Crippen LogP contribution in [-0.2, 0) is 6.61 Å². The monoisotopic (exact) mass is 201 g/mol. The van der Waals surface area contributed by atoms with Crippen LogP contribution in [0.5, 0.6) is 5.75 Å². The second kappa shape index (κ2) is 4.11. The highest BCUT2D eigenvalue weighted by atomic mass is 16.3. The predicted octanol–water partition coefficient (Wildman–Crippen LogP) is 1.95. The molecule has 0 fully saturated rings. The van der Waals surface area contributed by atoms with Gasteiger partial charge in [0.25, 0.3) is 0 Å². The molecular formula is C12H11NO2. The van der Waals surface area contributed by atoms with Crippen molar-refractivity contribution in [2.75, 3.05) is 0 Å². The Morgan fingerprint density at radius 3 is 2.60 bits per heavy atom. The van der Waals surface area contributed by atoms with Gasteiger partial charge in [-0.05, 0) is 24.3 Å². The number of benzene rings is 1. The number of aliphatic hydroxyl groups is 1. The number of phenolic OH excluding ortho intramolecular Hbond substituents is 1. The van der Waals surface area contributed by atoms with E-state index in [4.69, 9.17) is 5.11 Å². The lowest BCUT2D eigenvalue weighted by molar-refractivity contribution is 0.277. The van der Waals surface area contributed by atoms with E-state index in [0.717, 1.165) is 11.3 Å². The highest BCUT2D eigenvalue weighted by Gasteiger charge is 2.00. The zero-order chi connectivity index (χ0) is 10.7. The van der Waals surface area contributed by atoms with Gasteiger partial charge in [0.15, 0.2) is 0 Å². The summed E-state index contributed by atoms with van der Waals surface area (Å²) in [4.78, 5) is 4.24. The van der Waals surface area contributed by atoms with Crippen LogP contribution < -0.4 is 0 Å². The number of hydrogen-bond donors (Lipinski definition) is 2. The first-order chi connectivity index (χ1) is 7.29. The summed E-state index contributed by atoms with van der Waals surface area (Å²) < 4.78 is 0. The summed E-state index contributed by atoms with van der Waals surface area (Å²) in [6, 6.07) is 12.3. The van der Waals surface area contributed by atoms with Crippen molar-refractivity contribution in [3.05, 3.63) is 48.2 Å². The molecule has 0 amide bonds. The molecule has 0 spiro atoms. The summed E-state index contributed by atoms with van der Waals surface area (Å²) >= 11 is 0. The van der Waals surface area contributed by atoms with Crippen molar-refractivity contribution in [2.45, 2.75) is 6.61 Å². The topological polar surface area (TPSA) is 53.4 Å². The van der Waals surface area contributed by atoms with Crippen LogP contribution >= 0.6 is 0 Å². The number of phenols is 1. The van der Waals surface area contributed by atoms with Gasteiger partial charge in [-0.15, -0.1) is 0 Å². The molecule has 0 bridgehead atoms. The first-order valence-electron chi connectivity index (χ1n) is 4.66. The van der Waals surface area contributed by atoms with Crippen LogP contribution in [0.25, 0.3) is 11.3 Å². The van der Waals surface area contributed by atoms with E-state index in [9.17, 15) is 5.11 Å². The first kappa shape index (κ1) is 9.68. The third-order valence-corrected chi connectivity index (χ3v) is 2.11. The van der Waals surface area contributed by atoms with Gasteiger partial charge in [0.1, 0.15) is 5.75 Å². The van der Waals surface area contributed by atoms with E-state index in [1.54, 1.807) is 24.3 Å². The van der Waals surface area contributed by atoms with Gasteiger partial charge >= 0.3 is 0 Å². The van der Waals surface area contributed by atoms with Gasteiger partial charge in [-0.25, -0.2) is 0 Å². The van der Waals surface area contributed by atoms with Crippen LogP contribution in [0.2, 0.25) is 0 Å². The highest BCUT2D eigenvalue weighted by molar-refractivity contribution is 5.60. The third-order valence-electron chi connectivity index (χ3n) is 2.11. The molecular weight excluding hydrogens is 190 g/mol. The lowest BCUT2D eigenvalue weighted by atomic mass is 10.1. The molecule has 2 N–H and O–H groups in total.